The van der Waals surface area contributed by atoms with Gasteiger partial charge in [0.05, 0.1) is 0 Å². The van der Waals surface area contributed by atoms with Crippen LogP contribution in [0.3, 0.4) is 0 Å². The molecule has 0 atom stereocenters. The first-order valence-corrected chi connectivity index (χ1v) is 6.95. The normalized spacial score (nSPS) is 10.6. The van der Waals surface area contributed by atoms with E-state index in [9.17, 15) is 8.78 Å². The lowest BCUT2D eigenvalue weighted by Crippen LogP contribution is -2.23. The van der Waals surface area contributed by atoms with Crippen LogP contribution < -0.4 is 10.1 Å². The van der Waals surface area contributed by atoms with Crippen LogP contribution in [0.4, 0.5) is 8.78 Å². The van der Waals surface area contributed by atoms with Crippen molar-refractivity contribution in [3.8, 4) is 5.75 Å². The molecule has 5 heteroatoms. The number of thiophene rings is 1. The lowest BCUT2D eigenvalue weighted by Gasteiger charge is -2.08. The Bertz CT molecular complexity index is 482. The van der Waals surface area contributed by atoms with E-state index >= 15 is 0 Å². The van der Waals surface area contributed by atoms with E-state index in [1.54, 1.807) is 11.3 Å². The van der Waals surface area contributed by atoms with Crippen molar-refractivity contribution in [3.63, 3.8) is 0 Å². The predicted molar refractivity (Wildman–Crippen MR) is 72.7 cm³/mol. The van der Waals surface area contributed by atoms with Crippen LogP contribution in [-0.2, 0) is 6.42 Å². The molecule has 0 radical (unpaired) electrons. The summed E-state index contributed by atoms with van der Waals surface area (Å²) in [4.78, 5) is 1.31. The molecule has 1 aromatic carbocycles. The SMILES string of the molecule is Fc1cccc(F)c1OCCNCCc1cccs1. The van der Waals surface area contributed by atoms with Crippen LogP contribution in [-0.4, -0.2) is 19.7 Å². The third-order valence-electron chi connectivity index (χ3n) is 2.57. The topological polar surface area (TPSA) is 21.3 Å². The maximum Gasteiger partial charge on any atom is 0.190 e. The molecule has 0 aliphatic carbocycles. The Morgan fingerprint density at radius 1 is 1.05 bits per heavy atom. The number of benzene rings is 1. The maximum absolute atomic E-state index is 13.2. The van der Waals surface area contributed by atoms with Gasteiger partial charge < -0.3 is 10.1 Å². The van der Waals surface area contributed by atoms with E-state index in [4.69, 9.17) is 4.74 Å². The Hall–Kier alpha value is -1.46. The van der Waals surface area contributed by atoms with Gasteiger partial charge >= 0.3 is 0 Å². The summed E-state index contributed by atoms with van der Waals surface area (Å²) in [7, 11) is 0. The summed E-state index contributed by atoms with van der Waals surface area (Å²) in [6.45, 7) is 1.62. The summed E-state index contributed by atoms with van der Waals surface area (Å²) >= 11 is 1.72. The summed E-state index contributed by atoms with van der Waals surface area (Å²) in [5.74, 6) is -1.64. The summed E-state index contributed by atoms with van der Waals surface area (Å²) in [6, 6.07) is 7.78. The highest BCUT2D eigenvalue weighted by Gasteiger charge is 2.08. The van der Waals surface area contributed by atoms with E-state index in [1.165, 1.54) is 23.1 Å². The first kappa shape index (κ1) is 14.0. The van der Waals surface area contributed by atoms with Crippen LogP contribution in [0, 0.1) is 11.6 Å². The Balaban J connectivity index is 1.64. The highest BCUT2D eigenvalue weighted by Crippen LogP contribution is 2.20. The van der Waals surface area contributed by atoms with Crippen molar-refractivity contribution in [1.82, 2.24) is 5.32 Å². The van der Waals surface area contributed by atoms with Gasteiger partial charge in [-0.3, -0.25) is 0 Å². The molecule has 19 heavy (non-hydrogen) atoms. The molecular weight excluding hydrogens is 268 g/mol. The van der Waals surface area contributed by atoms with Crippen molar-refractivity contribution in [2.75, 3.05) is 19.7 Å². The predicted octanol–water partition coefficient (Wildman–Crippen LogP) is 3.24. The molecule has 1 aromatic heterocycles. The van der Waals surface area contributed by atoms with Crippen molar-refractivity contribution in [2.45, 2.75) is 6.42 Å². The van der Waals surface area contributed by atoms with Crippen molar-refractivity contribution in [3.05, 3.63) is 52.2 Å². The fraction of sp³-hybridized carbons (Fsp3) is 0.286. The average molecular weight is 283 g/mol. The largest absolute Gasteiger partial charge is 0.486 e. The number of nitrogens with one attached hydrogen (secondary N) is 1. The van der Waals surface area contributed by atoms with E-state index in [0.717, 1.165) is 13.0 Å². The van der Waals surface area contributed by atoms with Gasteiger partial charge in [0.25, 0.3) is 0 Å². The molecule has 0 bridgehead atoms. The van der Waals surface area contributed by atoms with Gasteiger partial charge in [-0.1, -0.05) is 12.1 Å². The third kappa shape index (κ3) is 4.29. The summed E-state index contributed by atoms with van der Waals surface area (Å²) in [6.07, 6.45) is 0.950. The van der Waals surface area contributed by atoms with Gasteiger partial charge in [-0.05, 0) is 30.0 Å². The molecule has 0 spiro atoms. The fourth-order valence-electron chi connectivity index (χ4n) is 1.64. The van der Waals surface area contributed by atoms with Gasteiger partial charge in [0.2, 0.25) is 0 Å². The molecule has 0 fully saturated rings. The van der Waals surface area contributed by atoms with Crippen LogP contribution in [0.2, 0.25) is 0 Å². The number of rotatable bonds is 7. The van der Waals surface area contributed by atoms with Gasteiger partial charge in [0.1, 0.15) is 6.61 Å². The summed E-state index contributed by atoms with van der Waals surface area (Å²) in [5.41, 5.74) is 0. The van der Waals surface area contributed by atoms with Crippen LogP contribution in [0.25, 0.3) is 0 Å². The van der Waals surface area contributed by atoms with E-state index in [1.807, 2.05) is 11.4 Å². The Labute approximate surface area is 115 Å². The van der Waals surface area contributed by atoms with Gasteiger partial charge in [-0.25, -0.2) is 8.78 Å². The number of hydrogen-bond acceptors (Lipinski definition) is 3. The molecule has 102 valence electrons. The Kier molecular flexibility index (Phi) is 5.30. The van der Waals surface area contributed by atoms with Crippen molar-refractivity contribution < 1.29 is 13.5 Å². The van der Waals surface area contributed by atoms with E-state index in [-0.39, 0.29) is 12.4 Å². The van der Waals surface area contributed by atoms with Crippen LogP contribution in [0.5, 0.6) is 5.75 Å². The number of halogens is 2. The van der Waals surface area contributed by atoms with E-state index in [2.05, 4.69) is 11.4 Å². The number of para-hydroxylation sites is 1. The summed E-state index contributed by atoms with van der Waals surface area (Å²) in [5, 5.41) is 5.21. The van der Waals surface area contributed by atoms with Crippen LogP contribution in [0.1, 0.15) is 4.88 Å². The molecule has 0 aliphatic heterocycles. The number of ether oxygens (including phenoxy) is 1. The lowest BCUT2D eigenvalue weighted by atomic mass is 10.3. The first-order valence-electron chi connectivity index (χ1n) is 6.07. The maximum atomic E-state index is 13.2. The second kappa shape index (κ2) is 7.21. The number of hydrogen-bond donors (Lipinski definition) is 1. The fourth-order valence-corrected chi connectivity index (χ4v) is 2.35. The molecular formula is C14H15F2NOS. The molecule has 0 unspecified atom stereocenters. The van der Waals surface area contributed by atoms with Gasteiger partial charge in [-0.2, -0.15) is 0 Å². The second-order valence-electron chi connectivity index (χ2n) is 3.98. The minimum atomic E-state index is -0.668. The second-order valence-corrected chi connectivity index (χ2v) is 5.01. The molecule has 0 saturated carbocycles. The quantitative estimate of drug-likeness (QED) is 0.788. The molecule has 0 amide bonds. The molecule has 1 N–H and O–H groups in total. The van der Waals surface area contributed by atoms with Gasteiger partial charge in [-0.15, -0.1) is 11.3 Å². The molecule has 2 nitrogen and oxygen atoms in total. The minimum Gasteiger partial charge on any atom is -0.486 e. The monoisotopic (exact) mass is 283 g/mol. The zero-order chi connectivity index (χ0) is 13.5. The van der Waals surface area contributed by atoms with Gasteiger partial charge in [0.15, 0.2) is 17.4 Å². The highest BCUT2D eigenvalue weighted by atomic mass is 32.1. The van der Waals surface area contributed by atoms with Gasteiger partial charge in [0, 0.05) is 18.0 Å². The average Bonchev–Trinajstić information content (AvgIpc) is 2.89. The zero-order valence-electron chi connectivity index (χ0n) is 10.4. The Morgan fingerprint density at radius 3 is 2.53 bits per heavy atom. The lowest BCUT2D eigenvalue weighted by molar-refractivity contribution is 0.283. The molecule has 0 saturated heterocycles. The third-order valence-corrected chi connectivity index (χ3v) is 3.51. The smallest absolute Gasteiger partial charge is 0.190 e. The summed E-state index contributed by atoms with van der Waals surface area (Å²) < 4.78 is 31.6. The Morgan fingerprint density at radius 2 is 1.84 bits per heavy atom. The van der Waals surface area contributed by atoms with Crippen LogP contribution in [0.15, 0.2) is 35.7 Å². The molecule has 2 rings (SSSR count). The standard InChI is InChI=1S/C14H15F2NOS/c15-12-4-1-5-13(16)14(12)18-9-8-17-7-6-11-3-2-10-19-11/h1-5,10,17H,6-9H2. The molecule has 1 heterocycles. The zero-order valence-corrected chi connectivity index (χ0v) is 11.2. The molecule has 2 aromatic rings. The van der Waals surface area contributed by atoms with E-state index in [0.29, 0.717) is 6.54 Å². The first-order chi connectivity index (χ1) is 9.27. The highest BCUT2D eigenvalue weighted by molar-refractivity contribution is 7.09. The molecule has 0 aliphatic rings. The van der Waals surface area contributed by atoms with Crippen LogP contribution >= 0.6 is 11.3 Å². The van der Waals surface area contributed by atoms with Crippen molar-refractivity contribution >= 4 is 11.3 Å². The van der Waals surface area contributed by atoms with Crippen molar-refractivity contribution in [1.29, 1.82) is 0 Å². The minimum absolute atomic E-state index is 0.238. The van der Waals surface area contributed by atoms with Crippen molar-refractivity contribution in [2.24, 2.45) is 0 Å². The van der Waals surface area contributed by atoms with E-state index < -0.39 is 11.6 Å².